The van der Waals surface area contributed by atoms with E-state index in [1.54, 1.807) is 60.7 Å². The van der Waals surface area contributed by atoms with E-state index in [1.807, 2.05) is 12.1 Å². The van der Waals surface area contributed by atoms with Crippen LogP contribution in [0.25, 0.3) is 11.1 Å². The lowest BCUT2D eigenvalue weighted by Gasteiger charge is -2.32. The molecule has 1 aliphatic heterocycles. The zero-order chi connectivity index (χ0) is 53.8. The molecule has 1 heterocycles. The maximum absolute atomic E-state index is 14.5. The van der Waals surface area contributed by atoms with Gasteiger partial charge in [-0.3, -0.25) is 24.0 Å². The van der Waals surface area contributed by atoms with E-state index < -0.39 is 65.9 Å². The highest BCUT2D eigenvalue weighted by atomic mass is 19.4. The number of halogens is 3. The van der Waals surface area contributed by atoms with E-state index in [2.05, 4.69) is 57.9 Å². The molecule has 4 atom stereocenters. The Bertz CT molecular complexity index is 2650. The number of hydrogen-bond acceptors (Lipinski definition) is 10. The van der Waals surface area contributed by atoms with Crippen molar-refractivity contribution in [1.82, 2.24) is 26.2 Å². The number of aryl methyl sites for hydroxylation is 1. The van der Waals surface area contributed by atoms with Crippen LogP contribution >= 0.6 is 0 Å². The molecule has 0 aliphatic carbocycles. The Morgan fingerprint density at radius 3 is 2.01 bits per heavy atom. The number of amides is 5. The molecule has 8 N–H and O–H groups in total. The second-order valence-electron chi connectivity index (χ2n) is 17.1. The van der Waals surface area contributed by atoms with Crippen LogP contribution in [-0.4, -0.2) is 110 Å². The van der Waals surface area contributed by atoms with Gasteiger partial charge in [0.05, 0.1) is 20.8 Å². The average molecular weight is 1020 g/mol. The standard InChI is InChI=1S/C51H60N6O9.C2HF3O2/c1-6-7-10-33-12-14-34(15-13-33)16-17-35-18-21-37(22-19-35)48(60)53-28-26-45(58)55-41(11-8-9-27-52)50(62)57(3)46-38-23-25-44(66-5)40(31-38)39-29-36(20-24-43(39)65-4)30-42(51(63)64)56-47(59)32(2)54-49(46)61;3-2(4,5)1(6)7/h12-15,18-25,29,31-32,41-42,46H,6-11,26-28,30,52H2,1-5H3,(H,53,60)(H,54,61)(H,55,58)(H,56,59)(H,63,64);(H,6,7)/t32-,41?,42-,46-;/m0./s1. The highest BCUT2D eigenvalue weighted by molar-refractivity contribution is 5.97. The van der Waals surface area contributed by atoms with Crippen LogP contribution in [-0.2, 0) is 41.6 Å². The van der Waals surface area contributed by atoms with Gasteiger partial charge in [0.15, 0.2) is 0 Å². The third-order valence-electron chi connectivity index (χ3n) is 11.6. The summed E-state index contributed by atoms with van der Waals surface area (Å²) in [5.74, 6) is -0.0603. The predicted octanol–water partition coefficient (Wildman–Crippen LogP) is 3.26. The number of aliphatic carboxylic acids is 2. The molecule has 0 fully saturated rings. The van der Waals surface area contributed by atoms with Crippen LogP contribution in [0.1, 0.15) is 96.6 Å². The fraction of sp³-hybridized carbons (Fsp3) is 0.377. The summed E-state index contributed by atoms with van der Waals surface area (Å²) in [6.07, 6.45) is -0.612. The molecule has 17 nitrogen and oxygen atoms in total. The maximum atomic E-state index is 14.5. The van der Waals surface area contributed by atoms with Crippen molar-refractivity contribution in [2.45, 2.75) is 95.6 Å². The van der Waals surface area contributed by atoms with Crippen molar-refractivity contribution >= 4 is 41.5 Å². The van der Waals surface area contributed by atoms with Crippen molar-refractivity contribution in [2.24, 2.45) is 0 Å². The minimum absolute atomic E-state index is 0.0108. The number of carbonyl (C=O) groups excluding carboxylic acids is 6. The molecular formula is C53H61F3N6O11. The van der Waals surface area contributed by atoms with Gasteiger partial charge < -0.3 is 56.4 Å². The molecule has 0 saturated carbocycles. The Morgan fingerprint density at radius 1 is 0.863 bits per heavy atom. The summed E-state index contributed by atoms with van der Waals surface area (Å²) < 4.78 is 43.0. The number of quaternary nitrogens is 1. The van der Waals surface area contributed by atoms with Crippen molar-refractivity contribution in [1.29, 1.82) is 0 Å². The third kappa shape index (κ3) is 17.1. The van der Waals surface area contributed by atoms with Gasteiger partial charge in [0, 0.05) is 54.3 Å². The van der Waals surface area contributed by atoms with Gasteiger partial charge in [0.2, 0.25) is 23.6 Å². The molecule has 5 amide bonds. The first-order valence-electron chi connectivity index (χ1n) is 23.5. The lowest BCUT2D eigenvalue weighted by Crippen LogP contribution is -2.55. The summed E-state index contributed by atoms with van der Waals surface area (Å²) >= 11 is 0. The van der Waals surface area contributed by atoms with E-state index in [0.717, 1.165) is 30.4 Å². The Balaban J connectivity index is 0.00000153. The molecule has 1 unspecified atom stereocenters. The smallest absolute Gasteiger partial charge is 0.430 e. The Hall–Kier alpha value is -7.92. The molecule has 4 aromatic carbocycles. The first-order chi connectivity index (χ1) is 34.7. The molecule has 4 bridgehead atoms. The molecule has 0 aromatic heterocycles. The second kappa shape index (κ2) is 27.6. The molecule has 4 aromatic rings. The summed E-state index contributed by atoms with van der Waals surface area (Å²) in [5, 5.41) is 29.6. The van der Waals surface area contributed by atoms with Gasteiger partial charge in [-0.25, -0.2) is 4.79 Å². The Labute approximate surface area is 421 Å². The molecule has 0 radical (unpaired) electrons. The molecular weight excluding hydrogens is 954 g/mol. The van der Waals surface area contributed by atoms with E-state index in [0.29, 0.717) is 58.7 Å². The number of likely N-dealkylation sites (N-methyl/N-ethyl adjacent to an activating group) is 1. The van der Waals surface area contributed by atoms with Crippen LogP contribution in [0.4, 0.5) is 13.2 Å². The highest BCUT2D eigenvalue weighted by Gasteiger charge is 2.36. The number of rotatable bonds is 17. The molecule has 5 rings (SSSR count). The van der Waals surface area contributed by atoms with Crippen LogP contribution in [0.15, 0.2) is 84.9 Å². The molecule has 1 aliphatic rings. The highest BCUT2D eigenvalue weighted by Crippen LogP contribution is 2.40. The quantitative estimate of drug-likeness (QED) is 0.0661. The number of alkyl halides is 3. The number of benzene rings is 4. The third-order valence-corrected chi connectivity index (χ3v) is 11.6. The zero-order valence-electron chi connectivity index (χ0n) is 41.3. The first kappa shape index (κ1) is 57.7. The number of hydrogen-bond donors (Lipinski definition) is 6. The Morgan fingerprint density at radius 2 is 1.45 bits per heavy atom. The number of unbranched alkanes of at least 4 members (excludes halogenated alkanes) is 2. The number of carboxylic acids is 2. The fourth-order valence-corrected chi connectivity index (χ4v) is 7.64. The number of nitrogens with zero attached hydrogens (tertiary/aromatic N) is 1. The molecule has 390 valence electrons. The van der Waals surface area contributed by atoms with Gasteiger partial charge in [-0.15, -0.1) is 0 Å². The normalized spacial score (nSPS) is 15.7. The number of ether oxygens (including phenoxy) is 2. The number of nitrogens with one attached hydrogen (secondary N) is 4. The van der Waals surface area contributed by atoms with Crippen molar-refractivity contribution in [3.05, 3.63) is 118 Å². The Kier molecular flexibility index (Phi) is 21.8. The van der Waals surface area contributed by atoms with Crippen LogP contribution in [0.5, 0.6) is 11.5 Å². The molecule has 20 heteroatoms. The summed E-state index contributed by atoms with van der Waals surface area (Å²) in [6.45, 7) is 4.18. The first-order valence-corrected chi connectivity index (χ1v) is 23.5. The largest absolute Gasteiger partial charge is 0.542 e. The topological polar surface area (TPSA) is 260 Å². The predicted molar refractivity (Wildman–Crippen MR) is 260 cm³/mol. The van der Waals surface area contributed by atoms with E-state index in [9.17, 15) is 47.0 Å². The van der Waals surface area contributed by atoms with Crippen molar-refractivity contribution in [3.63, 3.8) is 0 Å². The van der Waals surface area contributed by atoms with E-state index in [4.69, 9.17) is 19.4 Å². The van der Waals surface area contributed by atoms with Crippen LogP contribution in [0.3, 0.4) is 0 Å². The van der Waals surface area contributed by atoms with Crippen LogP contribution in [0, 0.1) is 11.8 Å². The van der Waals surface area contributed by atoms with Crippen LogP contribution < -0.4 is 41.6 Å². The van der Waals surface area contributed by atoms with Crippen LogP contribution in [0.2, 0.25) is 0 Å². The number of methoxy groups -OCH3 is 2. The van der Waals surface area contributed by atoms with Gasteiger partial charge in [0.25, 0.3) is 5.91 Å². The van der Waals surface area contributed by atoms with Crippen molar-refractivity contribution in [2.75, 3.05) is 34.4 Å². The number of fused-ring (bicyclic) bond motifs is 5. The van der Waals surface area contributed by atoms with E-state index in [1.165, 1.54) is 38.7 Å². The van der Waals surface area contributed by atoms with Crippen molar-refractivity contribution in [3.8, 4) is 34.5 Å². The van der Waals surface area contributed by atoms with Crippen molar-refractivity contribution < 1.29 is 72.2 Å². The molecule has 73 heavy (non-hydrogen) atoms. The summed E-state index contributed by atoms with van der Waals surface area (Å²) in [6, 6.07) is 20.2. The van der Waals surface area contributed by atoms with Gasteiger partial charge in [-0.2, -0.15) is 13.2 Å². The number of carboxylic acid groups (broad SMARTS) is 2. The van der Waals surface area contributed by atoms with Gasteiger partial charge in [-0.05, 0) is 116 Å². The minimum atomic E-state index is -5.19. The average Bonchev–Trinajstić information content (AvgIpc) is 3.36. The minimum Gasteiger partial charge on any atom is -0.542 e. The fourth-order valence-electron chi connectivity index (χ4n) is 7.64. The van der Waals surface area contributed by atoms with E-state index >= 15 is 0 Å². The summed E-state index contributed by atoms with van der Waals surface area (Å²) in [5.41, 5.74) is 9.19. The zero-order valence-corrected chi connectivity index (χ0v) is 41.3. The molecule has 0 saturated heterocycles. The molecule has 0 spiro atoms. The maximum Gasteiger partial charge on any atom is 0.430 e. The van der Waals surface area contributed by atoms with Gasteiger partial charge >= 0.3 is 12.1 Å². The van der Waals surface area contributed by atoms with Gasteiger partial charge in [-0.1, -0.05) is 49.5 Å². The number of carbonyl (C=O) groups is 7. The lowest BCUT2D eigenvalue weighted by molar-refractivity contribution is -0.368. The lowest BCUT2D eigenvalue weighted by atomic mass is 9.93. The second-order valence-corrected chi connectivity index (χ2v) is 17.1. The SMILES string of the molecule is CCCCc1ccc(C#Cc2ccc(C(=O)NCCC(=O)NC(CCCC[NH3+])C(=O)N(C)[C@@H]3C(=O)N[C@@H](C)C(=O)N[C@H](C(=O)O)Cc4ccc(OC)c(c4)-c4cc3ccc4OC)cc2)cc1.O=C([O-])C(F)(F)F. The van der Waals surface area contributed by atoms with E-state index in [-0.39, 0.29) is 31.7 Å². The summed E-state index contributed by atoms with van der Waals surface area (Å²) in [7, 11) is 4.41. The monoisotopic (exact) mass is 1010 g/mol. The van der Waals surface area contributed by atoms with Gasteiger partial charge in [0.1, 0.15) is 41.6 Å². The summed E-state index contributed by atoms with van der Waals surface area (Å²) in [4.78, 5) is 91.0.